The first-order chi connectivity index (χ1) is 6.59. The summed E-state index contributed by atoms with van der Waals surface area (Å²) in [6.07, 6.45) is 1.75. The summed E-state index contributed by atoms with van der Waals surface area (Å²) >= 11 is 0. The summed E-state index contributed by atoms with van der Waals surface area (Å²) in [4.78, 5) is 0. The van der Waals surface area contributed by atoms with Crippen LogP contribution < -0.4 is 5.32 Å². The standard InChI is InChI=1S/C11H19NO2/c1-8(2)12-9(3)7-10(13)11-5-4-6-14-11/h4-6,8-10,12-13H,7H2,1-3H3. The van der Waals surface area contributed by atoms with E-state index in [9.17, 15) is 5.11 Å². The molecule has 1 heterocycles. The number of aliphatic hydroxyl groups excluding tert-OH is 1. The molecule has 1 aromatic heterocycles. The highest BCUT2D eigenvalue weighted by atomic mass is 16.4. The van der Waals surface area contributed by atoms with E-state index in [2.05, 4.69) is 26.1 Å². The summed E-state index contributed by atoms with van der Waals surface area (Å²) in [7, 11) is 0. The van der Waals surface area contributed by atoms with Gasteiger partial charge in [-0.25, -0.2) is 0 Å². The van der Waals surface area contributed by atoms with Gasteiger partial charge in [0.1, 0.15) is 11.9 Å². The van der Waals surface area contributed by atoms with Crippen molar-refractivity contribution in [1.29, 1.82) is 0 Å². The first kappa shape index (κ1) is 11.3. The molecule has 0 amide bonds. The molecule has 0 fully saturated rings. The smallest absolute Gasteiger partial charge is 0.132 e. The Kier molecular flexibility index (Phi) is 4.17. The predicted molar refractivity (Wildman–Crippen MR) is 56.0 cm³/mol. The van der Waals surface area contributed by atoms with Gasteiger partial charge in [-0.2, -0.15) is 0 Å². The summed E-state index contributed by atoms with van der Waals surface area (Å²) in [6.45, 7) is 6.25. The predicted octanol–water partition coefficient (Wildman–Crippen LogP) is 2.09. The molecule has 80 valence electrons. The Labute approximate surface area is 85.1 Å². The zero-order valence-electron chi connectivity index (χ0n) is 9.03. The first-order valence-electron chi connectivity index (χ1n) is 5.07. The molecule has 0 aliphatic rings. The van der Waals surface area contributed by atoms with E-state index in [-0.39, 0.29) is 6.04 Å². The van der Waals surface area contributed by atoms with E-state index in [1.165, 1.54) is 0 Å². The average Bonchev–Trinajstić information content (AvgIpc) is 2.53. The molecule has 0 aliphatic heterocycles. The van der Waals surface area contributed by atoms with Crippen molar-refractivity contribution in [3.05, 3.63) is 24.2 Å². The van der Waals surface area contributed by atoms with Gasteiger partial charge in [0.25, 0.3) is 0 Å². The summed E-state index contributed by atoms with van der Waals surface area (Å²) in [5.41, 5.74) is 0. The number of hydrogen-bond acceptors (Lipinski definition) is 3. The molecule has 1 aromatic rings. The van der Waals surface area contributed by atoms with Gasteiger partial charge < -0.3 is 14.8 Å². The maximum Gasteiger partial charge on any atom is 0.132 e. The molecule has 0 aliphatic carbocycles. The molecule has 0 bridgehead atoms. The molecule has 2 unspecified atom stereocenters. The van der Waals surface area contributed by atoms with Gasteiger partial charge in [-0.15, -0.1) is 0 Å². The fraction of sp³-hybridized carbons (Fsp3) is 0.636. The summed E-state index contributed by atoms with van der Waals surface area (Å²) < 4.78 is 5.12. The molecule has 2 atom stereocenters. The van der Waals surface area contributed by atoms with Crippen LogP contribution in [0.1, 0.15) is 39.1 Å². The lowest BCUT2D eigenvalue weighted by Gasteiger charge is -2.18. The van der Waals surface area contributed by atoms with E-state index in [4.69, 9.17) is 4.42 Å². The molecule has 0 spiro atoms. The van der Waals surface area contributed by atoms with Crippen LogP contribution in [0.4, 0.5) is 0 Å². The molecule has 0 radical (unpaired) electrons. The van der Waals surface area contributed by atoms with Gasteiger partial charge >= 0.3 is 0 Å². The van der Waals surface area contributed by atoms with Crippen LogP contribution in [-0.2, 0) is 0 Å². The number of hydrogen-bond donors (Lipinski definition) is 2. The van der Waals surface area contributed by atoms with Crippen LogP contribution in [0, 0.1) is 0 Å². The van der Waals surface area contributed by atoms with Gasteiger partial charge in [-0.05, 0) is 25.5 Å². The Bertz CT molecular complexity index is 244. The van der Waals surface area contributed by atoms with Gasteiger partial charge in [0.15, 0.2) is 0 Å². The second-order valence-electron chi connectivity index (χ2n) is 3.99. The highest BCUT2D eigenvalue weighted by Gasteiger charge is 2.14. The Hall–Kier alpha value is -0.800. The van der Waals surface area contributed by atoms with Crippen molar-refractivity contribution in [2.45, 2.75) is 45.4 Å². The zero-order chi connectivity index (χ0) is 10.6. The number of rotatable bonds is 5. The zero-order valence-corrected chi connectivity index (χ0v) is 9.03. The number of furan rings is 1. The van der Waals surface area contributed by atoms with E-state index in [1.54, 1.807) is 18.4 Å². The third-order valence-electron chi connectivity index (χ3n) is 2.07. The lowest BCUT2D eigenvalue weighted by molar-refractivity contribution is 0.127. The maximum absolute atomic E-state index is 9.76. The third kappa shape index (κ3) is 3.52. The van der Waals surface area contributed by atoms with Crippen LogP contribution in [0.25, 0.3) is 0 Å². The van der Waals surface area contributed by atoms with Gasteiger partial charge in [-0.1, -0.05) is 13.8 Å². The summed E-state index contributed by atoms with van der Waals surface area (Å²) in [5, 5.41) is 13.1. The lowest BCUT2D eigenvalue weighted by atomic mass is 10.1. The average molecular weight is 197 g/mol. The summed E-state index contributed by atoms with van der Waals surface area (Å²) in [6, 6.07) is 4.31. The van der Waals surface area contributed by atoms with Crippen LogP contribution >= 0.6 is 0 Å². The van der Waals surface area contributed by atoms with Crippen LogP contribution in [0.2, 0.25) is 0 Å². The molecule has 0 aromatic carbocycles. The molecule has 0 saturated carbocycles. The molecule has 3 nitrogen and oxygen atoms in total. The molecule has 3 heteroatoms. The molecular weight excluding hydrogens is 178 g/mol. The molecule has 2 N–H and O–H groups in total. The fourth-order valence-corrected chi connectivity index (χ4v) is 1.57. The van der Waals surface area contributed by atoms with Crippen molar-refractivity contribution >= 4 is 0 Å². The lowest BCUT2D eigenvalue weighted by Crippen LogP contribution is -2.33. The normalized spacial score (nSPS) is 15.8. The second kappa shape index (κ2) is 5.17. The van der Waals surface area contributed by atoms with Gasteiger partial charge in [0.2, 0.25) is 0 Å². The number of aliphatic hydroxyl groups is 1. The Morgan fingerprint density at radius 2 is 2.14 bits per heavy atom. The Morgan fingerprint density at radius 3 is 2.64 bits per heavy atom. The van der Waals surface area contributed by atoms with Gasteiger partial charge in [-0.3, -0.25) is 0 Å². The van der Waals surface area contributed by atoms with Crippen molar-refractivity contribution in [2.75, 3.05) is 0 Å². The minimum absolute atomic E-state index is 0.287. The van der Waals surface area contributed by atoms with E-state index in [0.717, 1.165) is 0 Å². The van der Waals surface area contributed by atoms with E-state index >= 15 is 0 Å². The topological polar surface area (TPSA) is 45.4 Å². The van der Waals surface area contributed by atoms with E-state index in [1.807, 2.05) is 0 Å². The quantitative estimate of drug-likeness (QED) is 0.759. The van der Waals surface area contributed by atoms with Crippen molar-refractivity contribution < 1.29 is 9.52 Å². The molecule has 0 saturated heterocycles. The fourth-order valence-electron chi connectivity index (χ4n) is 1.57. The Morgan fingerprint density at radius 1 is 1.43 bits per heavy atom. The Balaban J connectivity index is 2.37. The highest BCUT2D eigenvalue weighted by Crippen LogP contribution is 2.18. The molecular formula is C11H19NO2. The van der Waals surface area contributed by atoms with Crippen LogP contribution in [0.15, 0.2) is 22.8 Å². The van der Waals surface area contributed by atoms with Crippen molar-refractivity contribution in [3.63, 3.8) is 0 Å². The van der Waals surface area contributed by atoms with Gasteiger partial charge in [0, 0.05) is 12.1 Å². The van der Waals surface area contributed by atoms with Crippen LogP contribution in [0.3, 0.4) is 0 Å². The van der Waals surface area contributed by atoms with E-state index in [0.29, 0.717) is 18.2 Å². The minimum atomic E-state index is -0.508. The monoisotopic (exact) mass is 197 g/mol. The highest BCUT2D eigenvalue weighted by molar-refractivity contribution is 5.02. The largest absolute Gasteiger partial charge is 0.467 e. The van der Waals surface area contributed by atoms with E-state index < -0.39 is 6.10 Å². The van der Waals surface area contributed by atoms with Gasteiger partial charge in [0.05, 0.1) is 6.26 Å². The van der Waals surface area contributed by atoms with Crippen molar-refractivity contribution in [1.82, 2.24) is 5.32 Å². The first-order valence-corrected chi connectivity index (χ1v) is 5.07. The SMILES string of the molecule is CC(C)NC(C)CC(O)c1ccco1. The maximum atomic E-state index is 9.76. The van der Waals surface area contributed by atoms with Crippen LogP contribution in [-0.4, -0.2) is 17.2 Å². The van der Waals surface area contributed by atoms with Crippen LogP contribution in [0.5, 0.6) is 0 Å². The number of nitrogens with one attached hydrogen (secondary N) is 1. The third-order valence-corrected chi connectivity index (χ3v) is 2.07. The second-order valence-corrected chi connectivity index (χ2v) is 3.99. The summed E-state index contributed by atoms with van der Waals surface area (Å²) in [5.74, 6) is 0.641. The minimum Gasteiger partial charge on any atom is -0.467 e. The van der Waals surface area contributed by atoms with Crippen molar-refractivity contribution in [3.8, 4) is 0 Å². The molecule has 1 rings (SSSR count). The van der Waals surface area contributed by atoms with Crippen molar-refractivity contribution in [2.24, 2.45) is 0 Å². The molecule has 14 heavy (non-hydrogen) atoms.